The summed E-state index contributed by atoms with van der Waals surface area (Å²) in [5, 5.41) is 3.96. The van der Waals surface area contributed by atoms with Crippen LogP contribution in [0.2, 0.25) is 5.15 Å². The topological polar surface area (TPSA) is 144 Å². The lowest BCUT2D eigenvalue weighted by Crippen LogP contribution is -2.54. The molecule has 3 heterocycles. The van der Waals surface area contributed by atoms with Gasteiger partial charge >= 0.3 is 5.97 Å². The van der Waals surface area contributed by atoms with Crippen LogP contribution in [0.3, 0.4) is 0 Å². The van der Waals surface area contributed by atoms with Crippen LogP contribution in [-0.2, 0) is 23.7 Å². The summed E-state index contributed by atoms with van der Waals surface area (Å²) >= 11 is 12.0. The molecule has 4 N–H and O–H groups in total. The summed E-state index contributed by atoms with van der Waals surface area (Å²) in [6.45, 7) is 4.69. The van der Waals surface area contributed by atoms with Crippen LogP contribution in [-0.4, -0.2) is 71.6 Å². The zero-order valence-electron chi connectivity index (χ0n) is 23.6. The van der Waals surface area contributed by atoms with Crippen LogP contribution < -0.4 is 11.6 Å². The monoisotopic (exact) mass is 713 g/mol. The number of aromatic nitrogens is 2. The minimum absolute atomic E-state index is 0.0744. The third-order valence-corrected chi connectivity index (χ3v) is 8.91. The minimum atomic E-state index is -0.676. The number of thioether (sulfide) groups is 1. The number of ether oxygens (including phenoxy) is 5. The van der Waals surface area contributed by atoms with E-state index in [1.165, 1.54) is 28.1 Å². The van der Waals surface area contributed by atoms with Gasteiger partial charge in [-0.2, -0.15) is 0 Å². The molecule has 3 aromatic rings. The number of carbonyl (C=O) groups is 1. The lowest BCUT2D eigenvalue weighted by atomic mass is 10.1. The van der Waals surface area contributed by atoms with Crippen LogP contribution in [0.15, 0.2) is 63.5 Å². The van der Waals surface area contributed by atoms with Crippen molar-refractivity contribution in [3.8, 4) is 0 Å². The zero-order valence-corrected chi connectivity index (χ0v) is 27.5. The Labute approximate surface area is 271 Å². The Balaban J connectivity index is 1.71. The van der Waals surface area contributed by atoms with Crippen molar-refractivity contribution in [2.45, 2.75) is 42.6 Å². The lowest BCUT2D eigenvalue weighted by molar-refractivity contribution is -0.190. The highest BCUT2D eigenvalue weighted by Crippen LogP contribution is 2.35. The Morgan fingerprint density at radius 3 is 2.70 bits per heavy atom. The SMILES string of the molecule is CCOC(=O)c1ncc(Br)cc1SC1OCCOC(c2ccccc2)OCC(N(N)/C=C(\N)c2nc(Cl)cs2)C1OCC. The number of hydrazine groups is 1. The molecule has 1 aliphatic rings. The summed E-state index contributed by atoms with van der Waals surface area (Å²) in [6.07, 6.45) is 1.76. The van der Waals surface area contributed by atoms with E-state index in [1.807, 2.05) is 37.3 Å². The van der Waals surface area contributed by atoms with Gasteiger partial charge in [0.25, 0.3) is 0 Å². The lowest BCUT2D eigenvalue weighted by Gasteiger charge is -2.38. The molecule has 232 valence electrons. The third kappa shape index (κ3) is 9.36. The third-order valence-electron chi connectivity index (χ3n) is 6.06. The van der Waals surface area contributed by atoms with E-state index < -0.39 is 29.8 Å². The first-order valence-electron chi connectivity index (χ1n) is 13.4. The van der Waals surface area contributed by atoms with Gasteiger partial charge in [0.05, 0.1) is 38.2 Å². The first-order valence-corrected chi connectivity index (χ1v) is 16.4. The molecule has 15 heteroatoms. The van der Waals surface area contributed by atoms with Gasteiger partial charge in [0.2, 0.25) is 0 Å². The number of pyridine rings is 1. The maximum absolute atomic E-state index is 12.8. The molecule has 0 saturated carbocycles. The van der Waals surface area contributed by atoms with E-state index >= 15 is 0 Å². The van der Waals surface area contributed by atoms with Gasteiger partial charge in [0, 0.05) is 39.3 Å². The average molecular weight is 715 g/mol. The summed E-state index contributed by atoms with van der Waals surface area (Å²) in [6, 6.07) is 10.7. The van der Waals surface area contributed by atoms with Gasteiger partial charge in [0.15, 0.2) is 12.0 Å². The van der Waals surface area contributed by atoms with Crippen molar-refractivity contribution < 1.29 is 28.5 Å². The van der Waals surface area contributed by atoms with Crippen LogP contribution in [0.1, 0.15) is 41.2 Å². The Hall–Kier alpha value is -2.27. The van der Waals surface area contributed by atoms with Gasteiger partial charge in [-0.3, -0.25) is 0 Å². The van der Waals surface area contributed by atoms with Gasteiger partial charge in [0.1, 0.15) is 21.7 Å². The molecule has 1 fully saturated rings. The molecule has 4 atom stereocenters. The second-order valence-electron chi connectivity index (χ2n) is 9.02. The smallest absolute Gasteiger partial charge is 0.358 e. The molecule has 0 amide bonds. The van der Waals surface area contributed by atoms with Crippen molar-refractivity contribution in [3.63, 3.8) is 0 Å². The van der Waals surface area contributed by atoms with Crippen molar-refractivity contribution in [1.82, 2.24) is 15.0 Å². The highest BCUT2D eigenvalue weighted by atomic mass is 79.9. The zero-order chi connectivity index (χ0) is 30.8. The van der Waals surface area contributed by atoms with E-state index in [9.17, 15) is 4.79 Å². The van der Waals surface area contributed by atoms with Crippen LogP contribution in [0.5, 0.6) is 0 Å². The number of hydrogen-bond donors (Lipinski definition) is 2. The summed E-state index contributed by atoms with van der Waals surface area (Å²) in [4.78, 5) is 21.9. The van der Waals surface area contributed by atoms with E-state index in [4.69, 9.17) is 46.9 Å². The molecule has 0 bridgehead atoms. The van der Waals surface area contributed by atoms with Crippen molar-refractivity contribution in [1.29, 1.82) is 0 Å². The molecule has 1 saturated heterocycles. The number of thiazole rings is 1. The van der Waals surface area contributed by atoms with E-state index in [-0.39, 0.29) is 32.1 Å². The normalized spacial score (nSPS) is 21.7. The average Bonchev–Trinajstić information content (AvgIpc) is 3.44. The Bertz CT molecular complexity index is 1370. The number of nitrogens with zero attached hydrogens (tertiary/aromatic N) is 3. The fraction of sp³-hybridized carbons (Fsp3) is 0.393. The van der Waals surface area contributed by atoms with Crippen molar-refractivity contribution in [3.05, 3.63) is 80.1 Å². The van der Waals surface area contributed by atoms with E-state index in [2.05, 4.69) is 25.9 Å². The minimum Gasteiger partial charge on any atom is -0.461 e. The fourth-order valence-electron chi connectivity index (χ4n) is 4.15. The Kier molecular flexibility index (Phi) is 13.1. The number of carbonyl (C=O) groups excluding carboxylic acids is 1. The van der Waals surface area contributed by atoms with E-state index in [1.54, 1.807) is 30.8 Å². The second kappa shape index (κ2) is 16.7. The van der Waals surface area contributed by atoms with Crippen LogP contribution in [0.4, 0.5) is 0 Å². The van der Waals surface area contributed by atoms with Gasteiger partial charge in [-0.05, 0) is 35.8 Å². The molecule has 0 radical (unpaired) electrons. The van der Waals surface area contributed by atoms with Crippen LogP contribution in [0.25, 0.3) is 5.70 Å². The summed E-state index contributed by atoms with van der Waals surface area (Å²) in [7, 11) is 0. The quantitative estimate of drug-likeness (QED) is 0.162. The molecule has 11 nitrogen and oxygen atoms in total. The first kappa shape index (κ1) is 33.6. The van der Waals surface area contributed by atoms with Crippen molar-refractivity contribution >= 4 is 62.3 Å². The summed E-state index contributed by atoms with van der Waals surface area (Å²) < 4.78 is 31.0. The van der Waals surface area contributed by atoms with Gasteiger partial charge in [-0.25, -0.2) is 20.6 Å². The largest absolute Gasteiger partial charge is 0.461 e. The number of halogens is 2. The molecule has 43 heavy (non-hydrogen) atoms. The molecular weight excluding hydrogens is 682 g/mol. The molecule has 2 aromatic heterocycles. The first-order chi connectivity index (χ1) is 20.8. The Morgan fingerprint density at radius 1 is 1.23 bits per heavy atom. The van der Waals surface area contributed by atoms with E-state index in [0.717, 1.165) is 5.56 Å². The van der Waals surface area contributed by atoms with Gasteiger partial charge < -0.3 is 34.4 Å². The van der Waals surface area contributed by atoms with Gasteiger partial charge in [-0.15, -0.1) is 11.3 Å². The number of nitrogens with two attached hydrogens (primary N) is 2. The maximum Gasteiger partial charge on any atom is 0.358 e. The number of esters is 1. The van der Waals surface area contributed by atoms with E-state index in [0.29, 0.717) is 31.8 Å². The predicted molar refractivity (Wildman–Crippen MR) is 169 cm³/mol. The Morgan fingerprint density at radius 2 is 2.00 bits per heavy atom. The molecule has 1 aromatic carbocycles. The second-order valence-corrected chi connectivity index (χ2v) is 12.3. The van der Waals surface area contributed by atoms with Crippen molar-refractivity contribution in [2.24, 2.45) is 11.6 Å². The number of rotatable bonds is 10. The highest BCUT2D eigenvalue weighted by Gasteiger charge is 2.37. The molecule has 4 unspecified atom stereocenters. The standard InChI is InChI=1S/C28H33BrClN5O6S2/c1-3-37-24-20(35(32)14-19(31)25-34-22(30)16-42-25)15-41-27(17-8-6-5-7-9-17)39-10-11-40-28(24)43-21-12-18(29)13-33-23(21)26(36)38-4-2/h5-9,12-14,16,20,24,27-28H,3-4,10-11,15,31-32H2,1-2H3/b19-14-. The molecular formula is C28H33BrClN5O6S2. The summed E-state index contributed by atoms with van der Waals surface area (Å²) in [5.74, 6) is 6.12. The molecule has 1 aliphatic heterocycles. The maximum atomic E-state index is 12.8. The van der Waals surface area contributed by atoms with Crippen LogP contribution >= 0.6 is 50.6 Å². The molecule has 4 rings (SSSR count). The fourth-order valence-corrected chi connectivity index (χ4v) is 6.76. The molecule has 0 aliphatic carbocycles. The van der Waals surface area contributed by atoms with Gasteiger partial charge in [-0.1, -0.05) is 53.7 Å². The number of hydrogen-bond acceptors (Lipinski definition) is 13. The van der Waals surface area contributed by atoms with Crippen LogP contribution in [0, 0.1) is 0 Å². The highest BCUT2D eigenvalue weighted by molar-refractivity contribution is 9.10. The predicted octanol–water partition coefficient (Wildman–Crippen LogP) is 5.22. The van der Waals surface area contributed by atoms with Crippen molar-refractivity contribution in [2.75, 3.05) is 33.0 Å². The number of benzene rings is 1. The molecule has 0 spiro atoms. The summed E-state index contributed by atoms with van der Waals surface area (Å²) in [5.41, 5.74) is 7.00.